The smallest absolute Gasteiger partial charge is 0.284 e. The van der Waals surface area contributed by atoms with Gasteiger partial charge in [-0.3, -0.25) is 9.69 Å². The maximum atomic E-state index is 12.1. The topological polar surface area (TPSA) is 61.9 Å². The zero-order valence-electron chi connectivity index (χ0n) is 10.9. The molecule has 0 atom stereocenters. The van der Waals surface area contributed by atoms with Crippen LogP contribution in [0.15, 0.2) is 4.79 Å². The molecule has 2 rings (SSSR count). The van der Waals surface area contributed by atoms with E-state index in [2.05, 4.69) is 10.00 Å². The van der Waals surface area contributed by atoms with Crippen LogP contribution in [0.25, 0.3) is 0 Å². The molecule has 1 aliphatic heterocycles. The van der Waals surface area contributed by atoms with Crippen molar-refractivity contribution in [3.05, 3.63) is 27.2 Å². The first-order valence-electron chi connectivity index (χ1n) is 6.34. The van der Waals surface area contributed by atoms with Crippen molar-refractivity contribution in [3.8, 4) is 6.07 Å². The van der Waals surface area contributed by atoms with Gasteiger partial charge in [0.05, 0.1) is 12.4 Å². The first-order chi connectivity index (χ1) is 8.63. The normalized spacial score (nSPS) is 16.5. The minimum Gasteiger partial charge on any atom is -0.284 e. The van der Waals surface area contributed by atoms with Gasteiger partial charge in [-0.15, -0.1) is 0 Å². The minimum atomic E-state index is -0.272. The summed E-state index contributed by atoms with van der Waals surface area (Å²) in [5.74, 6) is 0. The van der Waals surface area contributed by atoms with E-state index >= 15 is 0 Å². The molecule has 0 amide bonds. The Kier molecular flexibility index (Phi) is 3.78. The lowest BCUT2D eigenvalue weighted by atomic mass is 10.1. The summed E-state index contributed by atoms with van der Waals surface area (Å²) in [6.07, 6.45) is 3.60. The third-order valence-electron chi connectivity index (χ3n) is 3.53. The number of piperidine rings is 1. The number of aromatic nitrogens is 2. The summed E-state index contributed by atoms with van der Waals surface area (Å²) in [4.78, 5) is 14.3. The number of likely N-dealkylation sites (tertiary alicyclic amines) is 1. The Morgan fingerprint density at radius 1 is 1.28 bits per heavy atom. The number of hydrogen-bond donors (Lipinski definition) is 0. The van der Waals surface area contributed by atoms with Gasteiger partial charge in [0.2, 0.25) is 0 Å². The summed E-state index contributed by atoms with van der Waals surface area (Å²) in [6.45, 7) is 6.11. The van der Waals surface area contributed by atoms with Crippen LogP contribution >= 0.6 is 0 Å². The molecular formula is C13H18N4O. The average Bonchev–Trinajstić information content (AvgIpc) is 2.38. The lowest BCUT2D eigenvalue weighted by Gasteiger charge is -2.26. The summed E-state index contributed by atoms with van der Waals surface area (Å²) in [5.41, 5.74) is 1.39. The molecule has 0 saturated carbocycles. The Morgan fingerprint density at radius 3 is 2.56 bits per heavy atom. The van der Waals surface area contributed by atoms with Crippen LogP contribution in [0.3, 0.4) is 0 Å². The van der Waals surface area contributed by atoms with E-state index in [0.29, 0.717) is 12.2 Å². The van der Waals surface area contributed by atoms with Crippen LogP contribution in [0, 0.1) is 25.2 Å². The number of rotatable bonds is 2. The van der Waals surface area contributed by atoms with Gasteiger partial charge in [-0.05, 0) is 45.3 Å². The molecule has 0 N–H and O–H groups in total. The molecule has 0 aromatic carbocycles. The van der Waals surface area contributed by atoms with Gasteiger partial charge in [0.1, 0.15) is 11.6 Å². The molecule has 0 radical (unpaired) electrons. The van der Waals surface area contributed by atoms with Crippen LogP contribution in [-0.2, 0) is 6.67 Å². The molecule has 1 saturated heterocycles. The lowest BCUT2D eigenvalue weighted by Crippen LogP contribution is -2.38. The van der Waals surface area contributed by atoms with E-state index in [1.54, 1.807) is 6.92 Å². The second kappa shape index (κ2) is 5.32. The summed E-state index contributed by atoms with van der Waals surface area (Å²) in [5, 5.41) is 13.3. The van der Waals surface area contributed by atoms with Crippen molar-refractivity contribution < 1.29 is 0 Å². The zero-order valence-corrected chi connectivity index (χ0v) is 10.9. The highest BCUT2D eigenvalue weighted by atomic mass is 16.1. The number of nitriles is 1. The van der Waals surface area contributed by atoms with E-state index < -0.39 is 0 Å². The minimum absolute atomic E-state index is 0.222. The fraction of sp³-hybridized carbons (Fsp3) is 0.615. The SMILES string of the molecule is Cc1nn(CN2CCCCC2)c(=O)c(C#N)c1C. The summed E-state index contributed by atoms with van der Waals surface area (Å²) >= 11 is 0. The van der Waals surface area contributed by atoms with Crippen molar-refractivity contribution in [3.63, 3.8) is 0 Å². The second-order valence-corrected chi connectivity index (χ2v) is 4.82. The lowest BCUT2D eigenvalue weighted by molar-refractivity contribution is 0.169. The molecular weight excluding hydrogens is 228 g/mol. The Balaban J connectivity index is 2.31. The largest absolute Gasteiger partial charge is 0.286 e. The van der Waals surface area contributed by atoms with E-state index in [4.69, 9.17) is 5.26 Å². The van der Waals surface area contributed by atoms with Crippen LogP contribution in [0.2, 0.25) is 0 Å². The van der Waals surface area contributed by atoms with Crippen LogP contribution < -0.4 is 5.56 Å². The molecule has 0 spiro atoms. The monoisotopic (exact) mass is 246 g/mol. The Morgan fingerprint density at radius 2 is 1.94 bits per heavy atom. The van der Waals surface area contributed by atoms with Crippen molar-refractivity contribution in [2.24, 2.45) is 0 Å². The number of hydrogen-bond acceptors (Lipinski definition) is 4. The van der Waals surface area contributed by atoms with E-state index in [1.165, 1.54) is 23.9 Å². The highest BCUT2D eigenvalue weighted by Gasteiger charge is 2.15. The summed E-state index contributed by atoms with van der Waals surface area (Å²) < 4.78 is 1.42. The predicted molar refractivity (Wildman–Crippen MR) is 68.1 cm³/mol. The molecule has 1 aromatic heterocycles. The molecule has 5 heteroatoms. The fourth-order valence-electron chi connectivity index (χ4n) is 2.29. The first kappa shape index (κ1) is 12.8. The van der Waals surface area contributed by atoms with E-state index in [0.717, 1.165) is 18.8 Å². The van der Waals surface area contributed by atoms with Gasteiger partial charge in [-0.25, -0.2) is 4.68 Å². The summed E-state index contributed by atoms with van der Waals surface area (Å²) in [6, 6.07) is 1.99. The molecule has 1 aliphatic rings. The third-order valence-corrected chi connectivity index (χ3v) is 3.53. The molecule has 2 heterocycles. The fourth-order valence-corrected chi connectivity index (χ4v) is 2.29. The van der Waals surface area contributed by atoms with E-state index in [9.17, 15) is 4.79 Å². The average molecular weight is 246 g/mol. The van der Waals surface area contributed by atoms with E-state index in [1.807, 2.05) is 13.0 Å². The third kappa shape index (κ3) is 2.44. The Hall–Kier alpha value is -1.67. The van der Waals surface area contributed by atoms with Crippen LogP contribution in [0.1, 0.15) is 36.1 Å². The van der Waals surface area contributed by atoms with Gasteiger partial charge in [0.15, 0.2) is 0 Å². The molecule has 5 nitrogen and oxygen atoms in total. The maximum absolute atomic E-state index is 12.1. The van der Waals surface area contributed by atoms with Crippen LogP contribution in [0.4, 0.5) is 0 Å². The van der Waals surface area contributed by atoms with Crippen molar-refractivity contribution in [2.45, 2.75) is 39.8 Å². The molecule has 1 aromatic rings. The number of nitrogens with zero attached hydrogens (tertiary/aromatic N) is 4. The predicted octanol–water partition coefficient (Wildman–Crippen LogP) is 1.18. The van der Waals surface area contributed by atoms with E-state index in [-0.39, 0.29) is 11.1 Å². The van der Waals surface area contributed by atoms with Gasteiger partial charge in [-0.2, -0.15) is 10.4 Å². The molecule has 0 aliphatic carbocycles. The van der Waals surface area contributed by atoms with Gasteiger partial charge in [-0.1, -0.05) is 6.42 Å². The maximum Gasteiger partial charge on any atom is 0.286 e. The molecule has 96 valence electrons. The second-order valence-electron chi connectivity index (χ2n) is 4.82. The Bertz CT molecular complexity index is 535. The van der Waals surface area contributed by atoms with Crippen LogP contribution in [-0.4, -0.2) is 27.8 Å². The van der Waals surface area contributed by atoms with Gasteiger partial charge >= 0.3 is 0 Å². The quantitative estimate of drug-likeness (QED) is 0.786. The van der Waals surface area contributed by atoms with Crippen molar-refractivity contribution in [1.29, 1.82) is 5.26 Å². The molecule has 1 fully saturated rings. The zero-order chi connectivity index (χ0) is 13.1. The highest BCUT2D eigenvalue weighted by molar-refractivity contribution is 5.36. The molecule has 0 bridgehead atoms. The number of aryl methyl sites for hydroxylation is 1. The molecule has 0 unspecified atom stereocenters. The van der Waals surface area contributed by atoms with Crippen molar-refractivity contribution in [2.75, 3.05) is 13.1 Å². The van der Waals surface area contributed by atoms with Crippen molar-refractivity contribution in [1.82, 2.24) is 14.7 Å². The van der Waals surface area contributed by atoms with Gasteiger partial charge in [0, 0.05) is 0 Å². The molecule has 18 heavy (non-hydrogen) atoms. The Labute approximate surface area is 107 Å². The highest BCUT2D eigenvalue weighted by Crippen LogP contribution is 2.10. The van der Waals surface area contributed by atoms with Crippen LogP contribution in [0.5, 0.6) is 0 Å². The first-order valence-corrected chi connectivity index (χ1v) is 6.34. The summed E-state index contributed by atoms with van der Waals surface area (Å²) in [7, 11) is 0. The van der Waals surface area contributed by atoms with Gasteiger partial charge in [0.25, 0.3) is 5.56 Å². The standard InChI is InChI=1S/C13H18N4O/c1-10-11(2)15-17(13(18)12(10)8-14)9-16-6-4-3-5-7-16/h3-7,9H2,1-2H3. The van der Waals surface area contributed by atoms with Gasteiger partial charge < -0.3 is 0 Å². The van der Waals surface area contributed by atoms with Crippen molar-refractivity contribution >= 4 is 0 Å².